The maximum atomic E-state index is 5.80. The fourth-order valence-corrected chi connectivity index (χ4v) is 3.60. The number of hydrogen-bond acceptors (Lipinski definition) is 2. The molecule has 0 radical (unpaired) electrons. The van der Waals surface area contributed by atoms with Crippen molar-refractivity contribution in [1.82, 2.24) is 0 Å². The largest absolute Gasteiger partial charge is 0.501 e. The van der Waals surface area contributed by atoms with Crippen LogP contribution in [0.25, 0.3) is 0 Å². The highest BCUT2D eigenvalue weighted by Crippen LogP contribution is 2.41. The molecular formula is C13H22OS. The van der Waals surface area contributed by atoms with Gasteiger partial charge < -0.3 is 4.74 Å². The molecule has 0 amide bonds. The molecule has 1 aliphatic carbocycles. The summed E-state index contributed by atoms with van der Waals surface area (Å²) in [7, 11) is 0. The summed E-state index contributed by atoms with van der Waals surface area (Å²) in [4.78, 5) is 0. The summed E-state index contributed by atoms with van der Waals surface area (Å²) < 4.78 is 5.80. The van der Waals surface area contributed by atoms with Crippen molar-refractivity contribution in [2.75, 3.05) is 18.1 Å². The van der Waals surface area contributed by atoms with Crippen molar-refractivity contribution in [3.05, 3.63) is 11.8 Å². The molecule has 1 saturated carbocycles. The number of rotatable bonds is 4. The van der Waals surface area contributed by atoms with Crippen LogP contribution in [0.1, 0.15) is 45.4 Å². The third-order valence-electron chi connectivity index (χ3n) is 3.70. The second-order valence-corrected chi connectivity index (χ2v) is 5.98. The van der Waals surface area contributed by atoms with Gasteiger partial charge in [0.25, 0.3) is 0 Å². The van der Waals surface area contributed by atoms with E-state index in [2.05, 4.69) is 24.9 Å². The Morgan fingerprint density at radius 2 is 2.00 bits per heavy atom. The van der Waals surface area contributed by atoms with Gasteiger partial charge in [-0.1, -0.05) is 13.3 Å². The quantitative estimate of drug-likeness (QED) is 0.670. The zero-order chi connectivity index (χ0) is 10.6. The van der Waals surface area contributed by atoms with Gasteiger partial charge in [-0.05, 0) is 37.7 Å². The molecule has 0 aromatic heterocycles. The standard InChI is InChI=1S/C13H22OS/c1-2-13(10-15-11-13)9-14-8-12-6-4-3-5-7-12/h8H,2-7,9-11H2,1H3. The third kappa shape index (κ3) is 2.93. The van der Waals surface area contributed by atoms with Gasteiger partial charge in [0.2, 0.25) is 0 Å². The summed E-state index contributed by atoms with van der Waals surface area (Å²) in [6.07, 6.45) is 10.0. The van der Waals surface area contributed by atoms with E-state index in [0.29, 0.717) is 5.41 Å². The van der Waals surface area contributed by atoms with Crippen molar-refractivity contribution in [1.29, 1.82) is 0 Å². The highest BCUT2D eigenvalue weighted by molar-refractivity contribution is 8.00. The molecule has 1 nitrogen and oxygen atoms in total. The molecule has 2 heteroatoms. The van der Waals surface area contributed by atoms with Gasteiger partial charge in [0.1, 0.15) is 0 Å². The first kappa shape index (κ1) is 11.4. The molecule has 0 N–H and O–H groups in total. The molecule has 0 aromatic carbocycles. The Kier molecular flexibility index (Phi) is 4.01. The van der Waals surface area contributed by atoms with E-state index in [0.717, 1.165) is 6.61 Å². The van der Waals surface area contributed by atoms with Crippen molar-refractivity contribution < 1.29 is 4.74 Å². The van der Waals surface area contributed by atoms with Crippen molar-refractivity contribution in [2.24, 2.45) is 5.41 Å². The normalized spacial score (nSPS) is 24.5. The predicted molar refractivity (Wildman–Crippen MR) is 67.2 cm³/mol. The molecule has 0 spiro atoms. The lowest BCUT2D eigenvalue weighted by molar-refractivity contribution is 0.130. The Labute approximate surface area is 97.7 Å². The van der Waals surface area contributed by atoms with Crippen LogP contribution in [0.4, 0.5) is 0 Å². The Hall–Kier alpha value is -0.110. The van der Waals surface area contributed by atoms with E-state index in [9.17, 15) is 0 Å². The van der Waals surface area contributed by atoms with Gasteiger partial charge in [-0.2, -0.15) is 11.8 Å². The van der Waals surface area contributed by atoms with Crippen LogP contribution in [0.2, 0.25) is 0 Å². The number of allylic oxidation sites excluding steroid dienone is 1. The van der Waals surface area contributed by atoms with E-state index < -0.39 is 0 Å². The summed E-state index contributed by atoms with van der Waals surface area (Å²) in [5, 5.41) is 0. The molecule has 2 rings (SSSR count). The van der Waals surface area contributed by atoms with E-state index in [1.165, 1.54) is 50.0 Å². The van der Waals surface area contributed by atoms with Crippen LogP contribution in [0.5, 0.6) is 0 Å². The minimum absolute atomic E-state index is 0.510. The molecule has 2 aliphatic rings. The van der Waals surface area contributed by atoms with Gasteiger partial charge in [-0.3, -0.25) is 0 Å². The molecule has 0 unspecified atom stereocenters. The lowest BCUT2D eigenvalue weighted by Gasteiger charge is -2.39. The zero-order valence-electron chi connectivity index (χ0n) is 9.76. The lowest BCUT2D eigenvalue weighted by Crippen LogP contribution is -2.39. The van der Waals surface area contributed by atoms with E-state index in [4.69, 9.17) is 4.74 Å². The van der Waals surface area contributed by atoms with Crippen molar-refractivity contribution in [2.45, 2.75) is 45.4 Å². The van der Waals surface area contributed by atoms with Crippen LogP contribution in [0.15, 0.2) is 11.8 Å². The second-order valence-electron chi connectivity index (χ2n) is 4.99. The smallest absolute Gasteiger partial charge is 0.0945 e. The molecule has 0 bridgehead atoms. The number of ether oxygens (including phenoxy) is 1. The predicted octanol–water partition coefficient (Wildman–Crippen LogP) is 3.99. The van der Waals surface area contributed by atoms with E-state index in [1.54, 1.807) is 5.57 Å². The van der Waals surface area contributed by atoms with Crippen molar-refractivity contribution >= 4 is 11.8 Å². The maximum Gasteiger partial charge on any atom is 0.0945 e. The molecule has 0 aromatic rings. The van der Waals surface area contributed by atoms with Gasteiger partial charge in [0, 0.05) is 16.9 Å². The van der Waals surface area contributed by atoms with Gasteiger partial charge in [0.15, 0.2) is 0 Å². The van der Waals surface area contributed by atoms with E-state index in [-0.39, 0.29) is 0 Å². The minimum atomic E-state index is 0.510. The average Bonchev–Trinajstić information content (AvgIpc) is 2.24. The molecule has 1 aliphatic heterocycles. The lowest BCUT2D eigenvalue weighted by atomic mass is 9.90. The fraction of sp³-hybridized carbons (Fsp3) is 0.846. The van der Waals surface area contributed by atoms with Gasteiger partial charge in [0.05, 0.1) is 12.9 Å². The van der Waals surface area contributed by atoms with E-state index >= 15 is 0 Å². The summed E-state index contributed by atoms with van der Waals surface area (Å²) in [6.45, 7) is 3.23. The fourth-order valence-electron chi connectivity index (χ4n) is 2.24. The highest BCUT2D eigenvalue weighted by atomic mass is 32.2. The second kappa shape index (κ2) is 5.29. The first-order chi connectivity index (χ1) is 7.35. The molecule has 86 valence electrons. The number of thioether (sulfide) groups is 1. The highest BCUT2D eigenvalue weighted by Gasteiger charge is 2.36. The summed E-state index contributed by atoms with van der Waals surface area (Å²) in [5.74, 6) is 2.60. The van der Waals surface area contributed by atoms with Gasteiger partial charge in [-0.25, -0.2) is 0 Å². The van der Waals surface area contributed by atoms with Crippen LogP contribution in [0, 0.1) is 5.41 Å². The van der Waals surface area contributed by atoms with Crippen LogP contribution >= 0.6 is 11.8 Å². The molecule has 0 atom stereocenters. The molecule has 1 heterocycles. The Balaban J connectivity index is 1.72. The summed E-state index contributed by atoms with van der Waals surface area (Å²) in [6, 6.07) is 0. The Morgan fingerprint density at radius 1 is 1.27 bits per heavy atom. The molecular weight excluding hydrogens is 204 g/mol. The summed E-state index contributed by atoms with van der Waals surface area (Å²) >= 11 is 2.05. The van der Waals surface area contributed by atoms with Crippen molar-refractivity contribution in [3.8, 4) is 0 Å². The Morgan fingerprint density at radius 3 is 2.53 bits per heavy atom. The Bertz CT molecular complexity index is 217. The molecule has 1 saturated heterocycles. The van der Waals surface area contributed by atoms with Crippen molar-refractivity contribution in [3.63, 3.8) is 0 Å². The summed E-state index contributed by atoms with van der Waals surface area (Å²) in [5.41, 5.74) is 2.05. The van der Waals surface area contributed by atoms with E-state index in [1.807, 2.05) is 0 Å². The average molecular weight is 226 g/mol. The molecule has 2 fully saturated rings. The van der Waals surface area contributed by atoms with Gasteiger partial charge >= 0.3 is 0 Å². The number of hydrogen-bond donors (Lipinski definition) is 0. The zero-order valence-corrected chi connectivity index (χ0v) is 10.6. The topological polar surface area (TPSA) is 9.23 Å². The van der Waals surface area contributed by atoms with Crippen LogP contribution < -0.4 is 0 Å². The van der Waals surface area contributed by atoms with Crippen LogP contribution in [-0.4, -0.2) is 18.1 Å². The first-order valence-corrected chi connectivity index (χ1v) is 7.37. The SMILES string of the molecule is CCC1(COC=C2CCCCC2)CSC1. The first-order valence-electron chi connectivity index (χ1n) is 6.22. The minimum Gasteiger partial charge on any atom is -0.501 e. The maximum absolute atomic E-state index is 5.80. The third-order valence-corrected chi connectivity index (χ3v) is 5.33. The monoisotopic (exact) mass is 226 g/mol. The van der Waals surface area contributed by atoms with Crippen LogP contribution in [-0.2, 0) is 4.74 Å². The molecule has 15 heavy (non-hydrogen) atoms. The van der Waals surface area contributed by atoms with Gasteiger partial charge in [-0.15, -0.1) is 0 Å². The van der Waals surface area contributed by atoms with Crippen LogP contribution in [0.3, 0.4) is 0 Å².